The minimum absolute atomic E-state index is 0.234. The van der Waals surface area contributed by atoms with Gasteiger partial charge in [-0.1, -0.05) is 6.92 Å². The van der Waals surface area contributed by atoms with Gasteiger partial charge in [0.15, 0.2) is 0 Å². The van der Waals surface area contributed by atoms with E-state index in [1.165, 1.54) is 0 Å². The van der Waals surface area contributed by atoms with Crippen molar-refractivity contribution in [3.8, 4) is 0 Å². The molecule has 0 spiro atoms. The lowest BCUT2D eigenvalue weighted by molar-refractivity contribution is 0.296. The molecule has 1 heterocycles. The SMILES string of the molecule is CCCNc1cc(SCCCO)nc(C)n1. The van der Waals surface area contributed by atoms with Crippen molar-refractivity contribution >= 4 is 17.6 Å². The number of hydrogen-bond donors (Lipinski definition) is 2. The Labute approximate surface area is 101 Å². The van der Waals surface area contributed by atoms with E-state index in [1.807, 2.05) is 13.0 Å². The summed E-state index contributed by atoms with van der Waals surface area (Å²) in [7, 11) is 0. The molecule has 0 saturated heterocycles. The molecule has 0 aromatic carbocycles. The summed E-state index contributed by atoms with van der Waals surface area (Å²) in [5.41, 5.74) is 0. The molecular formula is C11H19N3OS. The summed E-state index contributed by atoms with van der Waals surface area (Å²) in [5, 5.41) is 12.9. The van der Waals surface area contributed by atoms with Gasteiger partial charge in [-0.05, 0) is 19.8 Å². The Hall–Kier alpha value is -0.810. The van der Waals surface area contributed by atoms with Crippen LogP contribution in [0.4, 0.5) is 5.82 Å². The van der Waals surface area contributed by atoms with E-state index in [9.17, 15) is 0 Å². The van der Waals surface area contributed by atoms with Crippen molar-refractivity contribution in [2.45, 2.75) is 31.7 Å². The van der Waals surface area contributed by atoms with E-state index in [0.717, 1.165) is 41.8 Å². The molecule has 90 valence electrons. The van der Waals surface area contributed by atoms with E-state index in [0.29, 0.717) is 0 Å². The average molecular weight is 241 g/mol. The van der Waals surface area contributed by atoms with Crippen molar-refractivity contribution in [3.05, 3.63) is 11.9 Å². The molecule has 0 saturated carbocycles. The fraction of sp³-hybridized carbons (Fsp3) is 0.636. The van der Waals surface area contributed by atoms with Crippen LogP contribution in [0.25, 0.3) is 0 Å². The number of nitrogens with one attached hydrogen (secondary N) is 1. The number of hydrogen-bond acceptors (Lipinski definition) is 5. The monoisotopic (exact) mass is 241 g/mol. The highest BCUT2D eigenvalue weighted by Crippen LogP contribution is 2.19. The van der Waals surface area contributed by atoms with Gasteiger partial charge in [-0.25, -0.2) is 9.97 Å². The normalized spacial score (nSPS) is 10.4. The number of anilines is 1. The summed E-state index contributed by atoms with van der Waals surface area (Å²) >= 11 is 1.66. The Morgan fingerprint density at radius 2 is 2.25 bits per heavy atom. The summed E-state index contributed by atoms with van der Waals surface area (Å²) in [6, 6.07) is 1.96. The smallest absolute Gasteiger partial charge is 0.130 e. The van der Waals surface area contributed by atoms with Crippen molar-refractivity contribution in [2.24, 2.45) is 0 Å². The molecule has 0 aliphatic heterocycles. The quantitative estimate of drug-likeness (QED) is 0.435. The van der Waals surface area contributed by atoms with Crippen LogP contribution in [0.5, 0.6) is 0 Å². The van der Waals surface area contributed by atoms with Gasteiger partial charge in [-0.2, -0.15) is 0 Å². The lowest BCUT2D eigenvalue weighted by Crippen LogP contribution is -2.04. The molecular weight excluding hydrogens is 222 g/mol. The van der Waals surface area contributed by atoms with Crippen molar-refractivity contribution in [2.75, 3.05) is 24.2 Å². The van der Waals surface area contributed by atoms with Crippen molar-refractivity contribution < 1.29 is 5.11 Å². The molecule has 0 radical (unpaired) electrons. The Bertz CT molecular complexity index is 320. The topological polar surface area (TPSA) is 58.0 Å². The van der Waals surface area contributed by atoms with Crippen LogP contribution < -0.4 is 5.32 Å². The Balaban J connectivity index is 2.58. The maximum atomic E-state index is 8.71. The third-order valence-electron chi connectivity index (χ3n) is 1.92. The predicted molar refractivity (Wildman–Crippen MR) is 68.0 cm³/mol. The molecule has 0 fully saturated rings. The zero-order valence-corrected chi connectivity index (χ0v) is 10.7. The first-order valence-electron chi connectivity index (χ1n) is 5.59. The Morgan fingerprint density at radius 3 is 2.94 bits per heavy atom. The van der Waals surface area contributed by atoms with Crippen LogP contribution in [0, 0.1) is 6.92 Å². The number of aliphatic hydroxyl groups excluding tert-OH is 1. The molecule has 1 aromatic rings. The van der Waals surface area contributed by atoms with E-state index < -0.39 is 0 Å². The van der Waals surface area contributed by atoms with Crippen LogP contribution in [0.15, 0.2) is 11.1 Å². The summed E-state index contributed by atoms with van der Waals surface area (Å²) in [5.74, 6) is 2.56. The van der Waals surface area contributed by atoms with Gasteiger partial charge < -0.3 is 10.4 Å². The average Bonchev–Trinajstić information content (AvgIpc) is 2.26. The highest BCUT2D eigenvalue weighted by Gasteiger charge is 2.01. The predicted octanol–water partition coefficient (Wildman–Crippen LogP) is 2.08. The van der Waals surface area contributed by atoms with E-state index in [4.69, 9.17) is 5.11 Å². The third-order valence-corrected chi connectivity index (χ3v) is 2.92. The Kier molecular flexibility index (Phi) is 6.18. The van der Waals surface area contributed by atoms with Gasteiger partial charge in [0.1, 0.15) is 16.7 Å². The van der Waals surface area contributed by atoms with Crippen molar-refractivity contribution in [3.63, 3.8) is 0 Å². The van der Waals surface area contributed by atoms with Crippen molar-refractivity contribution in [1.82, 2.24) is 9.97 Å². The number of rotatable bonds is 7. The second-order valence-corrected chi connectivity index (χ2v) is 4.61. The zero-order valence-electron chi connectivity index (χ0n) is 9.86. The van der Waals surface area contributed by atoms with Gasteiger partial charge in [0.25, 0.3) is 0 Å². The maximum absolute atomic E-state index is 8.71. The van der Waals surface area contributed by atoms with Crippen LogP contribution in [-0.2, 0) is 0 Å². The van der Waals surface area contributed by atoms with E-state index in [2.05, 4.69) is 22.2 Å². The third kappa shape index (κ3) is 4.81. The molecule has 2 N–H and O–H groups in total. The first kappa shape index (κ1) is 13.3. The number of nitrogens with zero attached hydrogens (tertiary/aromatic N) is 2. The maximum Gasteiger partial charge on any atom is 0.130 e. The van der Waals surface area contributed by atoms with Gasteiger partial charge >= 0.3 is 0 Å². The molecule has 0 unspecified atom stereocenters. The minimum atomic E-state index is 0.234. The molecule has 0 aliphatic rings. The van der Waals surface area contributed by atoms with Crippen LogP contribution in [0.1, 0.15) is 25.6 Å². The van der Waals surface area contributed by atoms with E-state index >= 15 is 0 Å². The fourth-order valence-electron chi connectivity index (χ4n) is 1.20. The standard InChI is InChI=1S/C11H19N3OS/c1-3-5-12-10-8-11(14-9(2)13-10)16-7-4-6-15/h8,15H,3-7H2,1-2H3,(H,12,13,14). The molecule has 5 heteroatoms. The van der Waals surface area contributed by atoms with Gasteiger partial charge in [0.2, 0.25) is 0 Å². The summed E-state index contributed by atoms with van der Waals surface area (Å²) < 4.78 is 0. The second-order valence-electron chi connectivity index (χ2n) is 3.49. The van der Waals surface area contributed by atoms with Gasteiger partial charge in [-0.15, -0.1) is 11.8 Å². The number of thioether (sulfide) groups is 1. The van der Waals surface area contributed by atoms with Crippen LogP contribution in [0.2, 0.25) is 0 Å². The zero-order chi connectivity index (χ0) is 11.8. The molecule has 4 nitrogen and oxygen atoms in total. The van der Waals surface area contributed by atoms with Gasteiger partial charge in [-0.3, -0.25) is 0 Å². The molecule has 0 aliphatic carbocycles. The first-order chi connectivity index (χ1) is 7.76. The number of aromatic nitrogens is 2. The molecule has 0 amide bonds. The summed E-state index contributed by atoms with van der Waals surface area (Å²) in [4.78, 5) is 8.66. The van der Waals surface area contributed by atoms with Crippen molar-refractivity contribution in [1.29, 1.82) is 0 Å². The molecule has 16 heavy (non-hydrogen) atoms. The molecule has 1 aromatic heterocycles. The van der Waals surface area contributed by atoms with Gasteiger partial charge in [0.05, 0.1) is 0 Å². The fourth-order valence-corrected chi connectivity index (χ4v) is 2.07. The lowest BCUT2D eigenvalue weighted by atomic mass is 10.4. The molecule has 0 bridgehead atoms. The largest absolute Gasteiger partial charge is 0.396 e. The van der Waals surface area contributed by atoms with Gasteiger partial charge in [0, 0.05) is 25.0 Å². The number of aliphatic hydroxyl groups is 1. The summed E-state index contributed by atoms with van der Waals surface area (Å²) in [6.07, 6.45) is 1.88. The minimum Gasteiger partial charge on any atom is -0.396 e. The molecule has 0 atom stereocenters. The number of aryl methyl sites for hydroxylation is 1. The van der Waals surface area contributed by atoms with E-state index in [-0.39, 0.29) is 6.61 Å². The highest BCUT2D eigenvalue weighted by atomic mass is 32.2. The first-order valence-corrected chi connectivity index (χ1v) is 6.58. The van der Waals surface area contributed by atoms with Crippen LogP contribution in [-0.4, -0.2) is 34.0 Å². The van der Waals surface area contributed by atoms with Crippen LogP contribution in [0.3, 0.4) is 0 Å². The highest BCUT2D eigenvalue weighted by molar-refractivity contribution is 7.99. The molecule has 1 rings (SSSR count). The van der Waals surface area contributed by atoms with E-state index in [1.54, 1.807) is 11.8 Å². The Morgan fingerprint density at radius 1 is 1.44 bits per heavy atom. The summed E-state index contributed by atoms with van der Waals surface area (Å²) in [6.45, 7) is 5.18. The second kappa shape index (κ2) is 7.46. The lowest BCUT2D eigenvalue weighted by Gasteiger charge is -2.07. The van der Waals surface area contributed by atoms with Crippen LogP contribution >= 0.6 is 11.8 Å².